The zero-order valence-corrected chi connectivity index (χ0v) is 22.4. The van der Waals surface area contributed by atoms with Gasteiger partial charge in [-0.25, -0.2) is 0 Å². The third-order valence-electron chi connectivity index (χ3n) is 7.72. The number of fused-ring (bicyclic) bond motifs is 1. The van der Waals surface area contributed by atoms with E-state index in [0.29, 0.717) is 13.2 Å². The molecule has 0 radical (unpaired) electrons. The number of nitrogens with one attached hydrogen (secondary N) is 1. The van der Waals surface area contributed by atoms with Crippen LogP contribution >= 0.6 is 0 Å². The number of carbonyl (C=O) groups excluding carboxylic acids is 1. The molecule has 5 heteroatoms. The molecule has 1 fully saturated rings. The maximum atomic E-state index is 14.2. The van der Waals surface area contributed by atoms with Crippen molar-refractivity contribution in [3.05, 3.63) is 101 Å². The predicted octanol–water partition coefficient (Wildman–Crippen LogP) is 6.09. The molecule has 3 atom stereocenters. The minimum atomic E-state index is -0.572. The normalized spacial score (nSPS) is 21.5. The molecule has 0 saturated carbocycles. The summed E-state index contributed by atoms with van der Waals surface area (Å²) in [7, 11) is 1.71. The van der Waals surface area contributed by atoms with Crippen molar-refractivity contribution in [2.45, 2.75) is 70.3 Å². The van der Waals surface area contributed by atoms with Gasteiger partial charge >= 0.3 is 0 Å². The van der Waals surface area contributed by atoms with E-state index < -0.39 is 6.10 Å². The molecule has 1 amide bonds. The summed E-state index contributed by atoms with van der Waals surface area (Å²) in [6.45, 7) is 7.83. The number of rotatable bonds is 6. The molecule has 0 aromatic heterocycles. The quantitative estimate of drug-likeness (QED) is 0.447. The van der Waals surface area contributed by atoms with Crippen LogP contribution in [0.5, 0.6) is 5.75 Å². The van der Waals surface area contributed by atoms with Crippen LogP contribution in [0, 0.1) is 0 Å². The zero-order chi connectivity index (χ0) is 26.0. The molecule has 3 aromatic carbocycles. The van der Waals surface area contributed by atoms with Crippen LogP contribution in [0.1, 0.15) is 73.6 Å². The summed E-state index contributed by atoms with van der Waals surface area (Å²) in [6.07, 6.45) is 1.95. The highest BCUT2D eigenvalue weighted by molar-refractivity contribution is 5.84. The van der Waals surface area contributed by atoms with Crippen LogP contribution in [0.15, 0.2) is 72.8 Å². The van der Waals surface area contributed by atoms with Crippen molar-refractivity contribution in [3.63, 3.8) is 0 Å². The lowest BCUT2D eigenvalue weighted by molar-refractivity contribution is -0.149. The summed E-state index contributed by atoms with van der Waals surface area (Å²) in [6, 6.07) is 25.0. The molecule has 37 heavy (non-hydrogen) atoms. The van der Waals surface area contributed by atoms with Crippen LogP contribution in [0.4, 0.5) is 0 Å². The smallest absolute Gasteiger partial charge is 0.258 e. The Hall–Kier alpha value is -3.15. The van der Waals surface area contributed by atoms with Crippen molar-refractivity contribution in [1.82, 2.24) is 10.2 Å². The first kappa shape index (κ1) is 25.5. The van der Waals surface area contributed by atoms with Gasteiger partial charge in [0.15, 0.2) is 6.10 Å². The third-order valence-corrected chi connectivity index (χ3v) is 7.72. The third kappa shape index (κ3) is 5.29. The highest BCUT2D eigenvalue weighted by Crippen LogP contribution is 2.40. The average Bonchev–Trinajstić information content (AvgIpc) is 3.35. The Kier molecular flexibility index (Phi) is 7.36. The Balaban J connectivity index is 1.44. The van der Waals surface area contributed by atoms with E-state index in [4.69, 9.17) is 9.47 Å². The van der Waals surface area contributed by atoms with Crippen LogP contribution < -0.4 is 10.1 Å². The van der Waals surface area contributed by atoms with E-state index in [0.717, 1.165) is 41.7 Å². The van der Waals surface area contributed by atoms with Crippen molar-refractivity contribution in [1.29, 1.82) is 0 Å². The maximum Gasteiger partial charge on any atom is 0.258 e. The number of hydrogen-bond acceptors (Lipinski definition) is 4. The zero-order valence-electron chi connectivity index (χ0n) is 22.4. The largest absolute Gasteiger partial charge is 0.496 e. The van der Waals surface area contributed by atoms with Gasteiger partial charge < -0.3 is 14.4 Å². The fourth-order valence-corrected chi connectivity index (χ4v) is 5.67. The molecule has 0 aliphatic carbocycles. The summed E-state index contributed by atoms with van der Waals surface area (Å²) < 4.78 is 11.8. The van der Waals surface area contributed by atoms with Crippen LogP contribution in [-0.4, -0.2) is 30.7 Å². The first-order valence-corrected chi connectivity index (χ1v) is 13.3. The van der Waals surface area contributed by atoms with Crippen LogP contribution in [0.3, 0.4) is 0 Å². The maximum absolute atomic E-state index is 14.2. The Labute approximate surface area is 220 Å². The minimum absolute atomic E-state index is 0.00620. The van der Waals surface area contributed by atoms with Crippen molar-refractivity contribution in [3.8, 4) is 5.75 Å². The molecule has 1 saturated heterocycles. The van der Waals surface area contributed by atoms with E-state index in [1.54, 1.807) is 7.11 Å². The topological polar surface area (TPSA) is 50.8 Å². The van der Waals surface area contributed by atoms with Crippen LogP contribution in [-0.2, 0) is 27.9 Å². The van der Waals surface area contributed by atoms with Crippen LogP contribution in [0.25, 0.3) is 0 Å². The number of methoxy groups -OCH3 is 1. The number of nitrogens with zero attached hydrogens (tertiary/aromatic N) is 1. The van der Waals surface area contributed by atoms with Gasteiger partial charge in [-0.2, -0.15) is 0 Å². The standard InChI is InChI=1S/C32H38N2O3/c1-32(2,3)25-14-16-28(36-4)24(20-25)21-33-29-17-15-27(23-11-6-5-7-12-23)34(29)31(35)30-26-13-9-8-10-22(26)18-19-37-30/h5-14,16,20,27,29-30,33H,15,17-19,21H2,1-4H3. The van der Waals surface area contributed by atoms with Gasteiger partial charge in [0.1, 0.15) is 5.75 Å². The van der Waals surface area contributed by atoms with Gasteiger partial charge in [0.2, 0.25) is 0 Å². The fourth-order valence-electron chi connectivity index (χ4n) is 5.67. The number of benzene rings is 3. The van der Waals surface area contributed by atoms with Gasteiger partial charge in [0, 0.05) is 12.1 Å². The van der Waals surface area contributed by atoms with Crippen molar-refractivity contribution < 1.29 is 14.3 Å². The predicted molar refractivity (Wildman–Crippen MR) is 146 cm³/mol. The molecule has 2 aliphatic heterocycles. The Morgan fingerprint density at radius 1 is 1.03 bits per heavy atom. The van der Waals surface area contributed by atoms with E-state index in [9.17, 15) is 4.79 Å². The monoisotopic (exact) mass is 498 g/mol. The second-order valence-electron chi connectivity index (χ2n) is 11.1. The first-order chi connectivity index (χ1) is 17.9. The number of hydrogen-bond donors (Lipinski definition) is 1. The van der Waals surface area contributed by atoms with Gasteiger partial charge in [-0.05, 0) is 53.0 Å². The Morgan fingerprint density at radius 3 is 2.54 bits per heavy atom. The second kappa shape index (κ2) is 10.7. The SMILES string of the molecule is COc1ccc(C(C)(C)C)cc1CNC1CCC(c2ccccc2)N1C(=O)C1OCCc2ccccc21. The van der Waals surface area contributed by atoms with Crippen molar-refractivity contribution in [2.75, 3.05) is 13.7 Å². The second-order valence-corrected chi connectivity index (χ2v) is 11.1. The molecule has 3 unspecified atom stereocenters. The molecule has 2 aliphatic rings. The lowest BCUT2D eigenvalue weighted by atomic mass is 9.86. The van der Waals surface area contributed by atoms with Gasteiger partial charge in [0.05, 0.1) is 25.9 Å². The summed E-state index contributed by atoms with van der Waals surface area (Å²) in [5.74, 6) is 0.895. The van der Waals surface area contributed by atoms with Crippen molar-refractivity contribution in [2.24, 2.45) is 0 Å². The Morgan fingerprint density at radius 2 is 1.78 bits per heavy atom. The van der Waals surface area contributed by atoms with Gasteiger partial charge in [-0.3, -0.25) is 10.1 Å². The molecule has 0 spiro atoms. The minimum Gasteiger partial charge on any atom is -0.496 e. The fraction of sp³-hybridized carbons (Fsp3) is 0.406. The van der Waals surface area contributed by atoms with E-state index in [2.05, 4.69) is 62.5 Å². The first-order valence-electron chi connectivity index (χ1n) is 13.3. The molecular weight excluding hydrogens is 460 g/mol. The average molecular weight is 499 g/mol. The number of amides is 1. The molecule has 194 valence electrons. The van der Waals surface area contributed by atoms with E-state index in [1.165, 1.54) is 11.1 Å². The summed E-state index contributed by atoms with van der Waals surface area (Å²) in [5, 5.41) is 3.71. The molecule has 5 nitrogen and oxygen atoms in total. The highest BCUT2D eigenvalue weighted by atomic mass is 16.5. The molecule has 3 aromatic rings. The van der Waals surface area contributed by atoms with Crippen LogP contribution in [0.2, 0.25) is 0 Å². The molecule has 2 heterocycles. The Bertz CT molecular complexity index is 1230. The number of likely N-dealkylation sites (tertiary alicyclic amines) is 1. The molecule has 1 N–H and O–H groups in total. The van der Waals surface area contributed by atoms with E-state index in [1.807, 2.05) is 41.3 Å². The van der Waals surface area contributed by atoms with Gasteiger partial charge in [0.25, 0.3) is 5.91 Å². The lowest BCUT2D eigenvalue weighted by Crippen LogP contribution is -2.48. The molecular formula is C32H38N2O3. The summed E-state index contributed by atoms with van der Waals surface area (Å²) >= 11 is 0. The van der Waals surface area contributed by atoms with Gasteiger partial charge in [-0.15, -0.1) is 0 Å². The summed E-state index contributed by atoms with van der Waals surface area (Å²) in [4.78, 5) is 16.3. The van der Waals surface area contributed by atoms with Crippen molar-refractivity contribution >= 4 is 5.91 Å². The summed E-state index contributed by atoms with van der Waals surface area (Å²) in [5.41, 5.74) is 5.77. The van der Waals surface area contributed by atoms with E-state index in [-0.39, 0.29) is 23.5 Å². The highest BCUT2D eigenvalue weighted by Gasteiger charge is 2.42. The molecule has 0 bridgehead atoms. The lowest BCUT2D eigenvalue weighted by Gasteiger charge is -2.36. The van der Waals surface area contributed by atoms with Gasteiger partial charge in [-0.1, -0.05) is 87.5 Å². The molecule has 5 rings (SSSR count). The number of carbonyl (C=O) groups is 1. The number of ether oxygens (including phenoxy) is 2. The van der Waals surface area contributed by atoms with E-state index >= 15 is 0 Å².